The Balaban J connectivity index is 1.41. The molecule has 152 valence electrons. The van der Waals surface area contributed by atoms with Crippen molar-refractivity contribution in [2.45, 2.75) is 70.0 Å². The fourth-order valence-electron chi connectivity index (χ4n) is 3.77. The quantitative estimate of drug-likeness (QED) is 0.578. The van der Waals surface area contributed by atoms with Crippen LogP contribution in [0.4, 0.5) is 0 Å². The highest BCUT2D eigenvalue weighted by molar-refractivity contribution is 5.87. The molecule has 0 unspecified atom stereocenters. The van der Waals surface area contributed by atoms with Crippen LogP contribution in [-0.2, 0) is 33.2 Å². The molecule has 0 N–H and O–H groups in total. The first-order valence-corrected chi connectivity index (χ1v) is 9.49. The second-order valence-corrected chi connectivity index (χ2v) is 8.08. The van der Waals surface area contributed by atoms with Gasteiger partial charge in [-0.25, -0.2) is 4.79 Å². The van der Waals surface area contributed by atoms with Crippen molar-refractivity contribution in [3.8, 4) is 0 Å². The van der Waals surface area contributed by atoms with Gasteiger partial charge in [0.25, 0.3) is 0 Å². The molecule has 0 amide bonds. The fourth-order valence-corrected chi connectivity index (χ4v) is 3.77. The predicted molar refractivity (Wildman–Crippen MR) is 99.0 cm³/mol. The van der Waals surface area contributed by atoms with E-state index in [1.807, 2.05) is 58.0 Å². The smallest absolute Gasteiger partial charge is 0.330 e. The van der Waals surface area contributed by atoms with Gasteiger partial charge in [-0.15, -0.1) is 0 Å². The van der Waals surface area contributed by atoms with E-state index in [9.17, 15) is 4.79 Å². The Morgan fingerprint density at radius 1 is 0.964 bits per heavy atom. The summed E-state index contributed by atoms with van der Waals surface area (Å²) in [6, 6.07) is 9.54. The lowest BCUT2D eigenvalue weighted by Gasteiger charge is -2.36. The van der Waals surface area contributed by atoms with Crippen LogP contribution in [0.3, 0.4) is 0 Å². The summed E-state index contributed by atoms with van der Waals surface area (Å²) in [7, 11) is 0. The highest BCUT2D eigenvalue weighted by Crippen LogP contribution is 2.44. The molecule has 0 radical (unpaired) electrons. The average molecular weight is 390 g/mol. The first kappa shape index (κ1) is 19.5. The highest BCUT2D eigenvalue weighted by Gasteiger charge is 2.60. The van der Waals surface area contributed by atoms with E-state index in [0.29, 0.717) is 0 Å². The Morgan fingerprint density at radius 3 is 2.36 bits per heavy atom. The molecular formula is C21H26O7. The van der Waals surface area contributed by atoms with E-state index in [0.717, 1.165) is 5.56 Å². The zero-order valence-corrected chi connectivity index (χ0v) is 16.5. The number of fused-ring (bicyclic) bond motifs is 3. The molecule has 5 atom stereocenters. The molecule has 3 aliphatic rings. The third kappa shape index (κ3) is 4.14. The van der Waals surface area contributed by atoms with Gasteiger partial charge < -0.3 is 28.4 Å². The van der Waals surface area contributed by atoms with Gasteiger partial charge in [-0.05, 0) is 39.3 Å². The lowest BCUT2D eigenvalue weighted by atomic mass is 9.99. The predicted octanol–water partition coefficient (Wildman–Crippen LogP) is 2.64. The molecule has 3 saturated heterocycles. The molecule has 0 aromatic heterocycles. The SMILES string of the molecule is CC1(C)O[C@@H]2O[C@@H](COC(=O)/C=C/c3ccccc3)[C@H]3OC(C)(C)O[C@H]3[C@H]2O1. The summed E-state index contributed by atoms with van der Waals surface area (Å²) >= 11 is 0. The second-order valence-electron chi connectivity index (χ2n) is 8.08. The second kappa shape index (κ2) is 7.24. The number of carbonyl (C=O) groups is 1. The number of benzene rings is 1. The Bertz CT molecular complexity index is 742. The molecule has 0 saturated carbocycles. The van der Waals surface area contributed by atoms with Gasteiger partial charge in [-0.1, -0.05) is 30.3 Å². The molecular weight excluding hydrogens is 364 g/mol. The minimum atomic E-state index is -0.779. The van der Waals surface area contributed by atoms with Gasteiger partial charge >= 0.3 is 5.97 Å². The van der Waals surface area contributed by atoms with Crippen molar-refractivity contribution in [1.82, 2.24) is 0 Å². The van der Waals surface area contributed by atoms with Crippen molar-refractivity contribution in [3.63, 3.8) is 0 Å². The molecule has 28 heavy (non-hydrogen) atoms. The van der Waals surface area contributed by atoms with Crippen molar-refractivity contribution in [2.24, 2.45) is 0 Å². The van der Waals surface area contributed by atoms with Crippen LogP contribution in [-0.4, -0.2) is 54.9 Å². The Kier molecular flexibility index (Phi) is 5.05. The number of carbonyl (C=O) groups excluding carboxylic acids is 1. The van der Waals surface area contributed by atoms with Crippen molar-refractivity contribution in [1.29, 1.82) is 0 Å². The molecule has 0 bridgehead atoms. The standard InChI is InChI=1S/C21H26O7/c1-20(2)25-16-14(12-23-15(22)11-10-13-8-6-5-7-9-13)24-19-18(17(16)26-20)27-21(3,4)28-19/h5-11,14,16-19H,12H2,1-4H3/b11-10+/t14-,16+,17+,18+,19-/m0/s1. The van der Waals surface area contributed by atoms with Gasteiger partial charge in [0.15, 0.2) is 17.9 Å². The third-order valence-corrected chi connectivity index (χ3v) is 4.85. The summed E-state index contributed by atoms with van der Waals surface area (Å²) in [6.07, 6.45) is 0.812. The van der Waals surface area contributed by atoms with E-state index in [1.54, 1.807) is 6.08 Å². The van der Waals surface area contributed by atoms with E-state index < -0.39 is 42.1 Å². The maximum atomic E-state index is 12.1. The molecule has 0 spiro atoms. The van der Waals surface area contributed by atoms with Gasteiger partial charge in [0, 0.05) is 6.08 Å². The van der Waals surface area contributed by atoms with E-state index in [4.69, 9.17) is 28.4 Å². The Morgan fingerprint density at radius 2 is 1.61 bits per heavy atom. The molecule has 1 aromatic carbocycles. The number of rotatable bonds is 4. The van der Waals surface area contributed by atoms with Crippen LogP contribution in [0.2, 0.25) is 0 Å². The zero-order chi connectivity index (χ0) is 19.9. The fraction of sp³-hybridized carbons (Fsp3) is 0.571. The van der Waals surface area contributed by atoms with Gasteiger partial charge in [-0.3, -0.25) is 0 Å². The molecule has 3 heterocycles. The van der Waals surface area contributed by atoms with Gasteiger partial charge in [0.1, 0.15) is 31.0 Å². The van der Waals surface area contributed by atoms with Crippen molar-refractivity contribution >= 4 is 12.0 Å². The summed E-state index contributed by atoms with van der Waals surface area (Å²) in [5.41, 5.74) is 0.921. The largest absolute Gasteiger partial charge is 0.460 e. The van der Waals surface area contributed by atoms with Crippen LogP contribution >= 0.6 is 0 Å². The lowest BCUT2D eigenvalue weighted by Crippen LogP contribution is -2.56. The summed E-state index contributed by atoms with van der Waals surface area (Å²) in [4.78, 5) is 12.1. The number of hydrogen-bond acceptors (Lipinski definition) is 7. The molecule has 7 heteroatoms. The van der Waals surface area contributed by atoms with Crippen LogP contribution in [0.25, 0.3) is 6.08 Å². The van der Waals surface area contributed by atoms with E-state index in [2.05, 4.69) is 0 Å². The van der Waals surface area contributed by atoms with Crippen LogP contribution < -0.4 is 0 Å². The van der Waals surface area contributed by atoms with Crippen LogP contribution in [0.5, 0.6) is 0 Å². The van der Waals surface area contributed by atoms with Gasteiger partial charge in [-0.2, -0.15) is 0 Å². The Hall–Kier alpha value is -1.77. The van der Waals surface area contributed by atoms with E-state index in [1.165, 1.54) is 6.08 Å². The van der Waals surface area contributed by atoms with Crippen LogP contribution in [0.15, 0.2) is 36.4 Å². The van der Waals surface area contributed by atoms with E-state index >= 15 is 0 Å². The number of hydrogen-bond donors (Lipinski definition) is 0. The first-order valence-electron chi connectivity index (χ1n) is 9.49. The van der Waals surface area contributed by atoms with Crippen molar-refractivity contribution in [3.05, 3.63) is 42.0 Å². The molecule has 4 rings (SSSR count). The maximum absolute atomic E-state index is 12.1. The van der Waals surface area contributed by atoms with E-state index in [-0.39, 0.29) is 12.7 Å². The summed E-state index contributed by atoms with van der Waals surface area (Å²) in [6.45, 7) is 7.37. The monoisotopic (exact) mass is 390 g/mol. The molecule has 7 nitrogen and oxygen atoms in total. The maximum Gasteiger partial charge on any atom is 0.330 e. The average Bonchev–Trinajstić information content (AvgIpc) is 3.12. The Labute approximate surface area is 164 Å². The minimum absolute atomic E-state index is 0.0333. The molecule has 0 aliphatic carbocycles. The van der Waals surface area contributed by atoms with Gasteiger partial charge in [0.05, 0.1) is 0 Å². The molecule has 1 aromatic rings. The topological polar surface area (TPSA) is 72.5 Å². The van der Waals surface area contributed by atoms with Gasteiger partial charge in [0.2, 0.25) is 0 Å². The number of ether oxygens (including phenoxy) is 6. The first-order chi connectivity index (χ1) is 13.2. The highest BCUT2D eigenvalue weighted by atomic mass is 16.9. The lowest BCUT2D eigenvalue weighted by molar-refractivity contribution is -0.242. The summed E-state index contributed by atoms with van der Waals surface area (Å²) < 4.78 is 35.2. The summed E-state index contributed by atoms with van der Waals surface area (Å²) in [5.74, 6) is -2.01. The molecule has 3 aliphatic heterocycles. The van der Waals surface area contributed by atoms with Crippen molar-refractivity contribution in [2.75, 3.05) is 6.61 Å². The zero-order valence-electron chi connectivity index (χ0n) is 16.5. The number of esters is 1. The summed E-state index contributed by atoms with van der Waals surface area (Å²) in [5, 5.41) is 0. The molecule has 3 fully saturated rings. The third-order valence-electron chi connectivity index (χ3n) is 4.85. The normalized spacial score (nSPS) is 35.5. The minimum Gasteiger partial charge on any atom is -0.460 e. The van der Waals surface area contributed by atoms with Crippen LogP contribution in [0.1, 0.15) is 33.3 Å². The van der Waals surface area contributed by atoms with Crippen molar-refractivity contribution < 1.29 is 33.2 Å². The van der Waals surface area contributed by atoms with Crippen LogP contribution in [0, 0.1) is 0 Å².